The molecule has 2 aromatic carbocycles. The first kappa shape index (κ1) is 16.7. The van der Waals surface area contributed by atoms with Crippen LogP contribution in [0, 0.1) is 6.92 Å². The summed E-state index contributed by atoms with van der Waals surface area (Å²) < 4.78 is 6.56. The number of ether oxygens (including phenoxy) is 1. The lowest BCUT2D eigenvalue weighted by molar-refractivity contribution is -0.114. The third kappa shape index (κ3) is 3.36. The molecule has 0 N–H and O–H groups in total. The van der Waals surface area contributed by atoms with Crippen LogP contribution in [-0.2, 0) is 4.79 Å². The molecule has 0 fully saturated rings. The molecule has 0 saturated heterocycles. The van der Waals surface area contributed by atoms with E-state index in [4.69, 9.17) is 4.74 Å². The number of para-hydroxylation sites is 1. The maximum Gasteiger partial charge on any atom is 0.299 e. The van der Waals surface area contributed by atoms with Gasteiger partial charge in [0.05, 0.1) is 17.9 Å². The molecule has 3 rings (SSSR count). The van der Waals surface area contributed by atoms with E-state index in [9.17, 15) is 9.59 Å². The SMILES string of the molecule is Cc1ccccc1OCCCCN1C(=O)C(=O)c2cc(Br)ccc21. The second kappa shape index (κ2) is 7.18. The topological polar surface area (TPSA) is 46.6 Å². The van der Waals surface area contributed by atoms with Gasteiger partial charge < -0.3 is 9.64 Å². The van der Waals surface area contributed by atoms with Crippen LogP contribution in [-0.4, -0.2) is 24.8 Å². The number of anilines is 1. The van der Waals surface area contributed by atoms with Crippen LogP contribution in [0.4, 0.5) is 5.69 Å². The average molecular weight is 388 g/mol. The lowest BCUT2D eigenvalue weighted by atomic mass is 10.1. The van der Waals surface area contributed by atoms with Crippen LogP contribution in [0.1, 0.15) is 28.8 Å². The molecule has 0 unspecified atom stereocenters. The quantitative estimate of drug-likeness (QED) is 0.552. The number of hydrogen-bond donors (Lipinski definition) is 0. The van der Waals surface area contributed by atoms with Crippen molar-refractivity contribution in [2.75, 3.05) is 18.1 Å². The van der Waals surface area contributed by atoms with Gasteiger partial charge >= 0.3 is 0 Å². The predicted molar refractivity (Wildman–Crippen MR) is 96.7 cm³/mol. The summed E-state index contributed by atoms with van der Waals surface area (Å²) in [5, 5.41) is 0. The van der Waals surface area contributed by atoms with E-state index in [0.29, 0.717) is 24.4 Å². The number of rotatable bonds is 6. The second-order valence-corrected chi connectivity index (χ2v) is 6.68. The molecule has 1 aliphatic rings. The summed E-state index contributed by atoms with van der Waals surface area (Å²) in [7, 11) is 0. The van der Waals surface area contributed by atoms with Crippen molar-refractivity contribution in [1.82, 2.24) is 0 Å². The number of Topliss-reactive ketones (excluding diaryl/α,β-unsaturated/α-hetero) is 1. The number of fused-ring (bicyclic) bond motifs is 1. The zero-order valence-corrected chi connectivity index (χ0v) is 15.0. The number of carbonyl (C=O) groups is 2. The van der Waals surface area contributed by atoms with Gasteiger partial charge in [0.2, 0.25) is 0 Å². The number of nitrogens with zero attached hydrogens (tertiary/aromatic N) is 1. The summed E-state index contributed by atoms with van der Waals surface area (Å²) in [6, 6.07) is 13.3. The van der Waals surface area contributed by atoms with Gasteiger partial charge in [-0.25, -0.2) is 0 Å². The molecule has 1 heterocycles. The van der Waals surface area contributed by atoms with Gasteiger partial charge in [0.25, 0.3) is 11.7 Å². The van der Waals surface area contributed by atoms with Gasteiger partial charge in [-0.05, 0) is 49.6 Å². The average Bonchev–Trinajstić information content (AvgIpc) is 2.80. The number of amides is 1. The van der Waals surface area contributed by atoms with Gasteiger partial charge in [0.15, 0.2) is 0 Å². The van der Waals surface area contributed by atoms with Crippen molar-refractivity contribution < 1.29 is 14.3 Å². The molecule has 0 saturated carbocycles. The highest BCUT2D eigenvalue weighted by molar-refractivity contribution is 9.10. The van der Waals surface area contributed by atoms with E-state index in [1.165, 1.54) is 0 Å². The molecule has 5 heteroatoms. The van der Waals surface area contributed by atoms with E-state index in [1.807, 2.05) is 43.3 Å². The van der Waals surface area contributed by atoms with Gasteiger partial charge in [0.1, 0.15) is 5.75 Å². The largest absolute Gasteiger partial charge is 0.493 e. The Morgan fingerprint density at radius 1 is 1.08 bits per heavy atom. The molecule has 4 nitrogen and oxygen atoms in total. The molecule has 24 heavy (non-hydrogen) atoms. The Morgan fingerprint density at radius 3 is 2.67 bits per heavy atom. The first-order chi connectivity index (χ1) is 11.6. The fourth-order valence-electron chi connectivity index (χ4n) is 2.77. The van der Waals surface area contributed by atoms with Crippen molar-refractivity contribution in [2.45, 2.75) is 19.8 Å². The monoisotopic (exact) mass is 387 g/mol. The van der Waals surface area contributed by atoms with Crippen LogP contribution in [0.2, 0.25) is 0 Å². The van der Waals surface area contributed by atoms with Gasteiger partial charge in [-0.1, -0.05) is 34.1 Å². The Kier molecular flexibility index (Phi) is 5.00. The highest BCUT2D eigenvalue weighted by Gasteiger charge is 2.35. The van der Waals surface area contributed by atoms with E-state index in [-0.39, 0.29) is 0 Å². The van der Waals surface area contributed by atoms with Crippen molar-refractivity contribution in [3.8, 4) is 5.75 Å². The molecule has 1 amide bonds. The Labute approximate surface area is 149 Å². The normalized spacial score (nSPS) is 13.3. The van der Waals surface area contributed by atoms with E-state index >= 15 is 0 Å². The number of hydrogen-bond acceptors (Lipinski definition) is 3. The van der Waals surface area contributed by atoms with Crippen molar-refractivity contribution in [1.29, 1.82) is 0 Å². The number of halogens is 1. The minimum absolute atomic E-state index is 0.428. The van der Waals surface area contributed by atoms with Crippen molar-refractivity contribution >= 4 is 33.3 Å². The third-order valence-corrected chi connectivity index (χ3v) is 4.55. The van der Waals surface area contributed by atoms with E-state index < -0.39 is 11.7 Å². The van der Waals surface area contributed by atoms with Crippen molar-refractivity contribution in [3.63, 3.8) is 0 Å². The molecule has 2 aromatic rings. The zero-order valence-electron chi connectivity index (χ0n) is 13.4. The molecule has 124 valence electrons. The van der Waals surface area contributed by atoms with E-state index in [1.54, 1.807) is 11.0 Å². The molecule has 0 bridgehead atoms. The predicted octanol–water partition coefficient (Wildman–Crippen LogP) is 4.15. The van der Waals surface area contributed by atoms with Crippen LogP contribution in [0.5, 0.6) is 5.75 Å². The molecule has 0 aromatic heterocycles. The van der Waals surface area contributed by atoms with E-state index in [2.05, 4.69) is 15.9 Å². The Bertz CT molecular complexity index is 788. The van der Waals surface area contributed by atoms with Gasteiger partial charge in [-0.2, -0.15) is 0 Å². The Balaban J connectivity index is 1.53. The fourth-order valence-corrected chi connectivity index (χ4v) is 3.13. The smallest absolute Gasteiger partial charge is 0.299 e. The molecule has 0 radical (unpaired) electrons. The summed E-state index contributed by atoms with van der Waals surface area (Å²) >= 11 is 3.33. The van der Waals surface area contributed by atoms with Crippen molar-refractivity contribution in [2.24, 2.45) is 0 Å². The lowest BCUT2D eigenvalue weighted by Crippen LogP contribution is -2.30. The lowest BCUT2D eigenvalue weighted by Gasteiger charge is -2.16. The van der Waals surface area contributed by atoms with Crippen LogP contribution in [0.15, 0.2) is 46.9 Å². The van der Waals surface area contributed by atoms with Crippen LogP contribution in [0.25, 0.3) is 0 Å². The maximum atomic E-state index is 12.1. The summed E-state index contributed by atoms with van der Waals surface area (Å²) in [5.74, 6) is 0.0190. The van der Waals surface area contributed by atoms with Gasteiger partial charge in [-0.3, -0.25) is 9.59 Å². The second-order valence-electron chi connectivity index (χ2n) is 5.77. The first-order valence-electron chi connectivity index (χ1n) is 7.92. The zero-order chi connectivity index (χ0) is 17.1. The molecule has 1 aliphatic heterocycles. The summed E-state index contributed by atoms with van der Waals surface area (Å²) in [6.07, 6.45) is 1.60. The molecule has 0 spiro atoms. The van der Waals surface area contributed by atoms with E-state index in [0.717, 1.165) is 28.6 Å². The van der Waals surface area contributed by atoms with Crippen LogP contribution < -0.4 is 9.64 Å². The Hall–Kier alpha value is -2.14. The van der Waals surface area contributed by atoms with Crippen LogP contribution >= 0.6 is 15.9 Å². The summed E-state index contributed by atoms with van der Waals surface area (Å²) in [6.45, 7) is 3.13. The number of carbonyl (C=O) groups excluding carboxylic acids is 2. The van der Waals surface area contributed by atoms with Crippen molar-refractivity contribution in [3.05, 3.63) is 58.1 Å². The minimum Gasteiger partial charge on any atom is -0.493 e. The first-order valence-corrected chi connectivity index (χ1v) is 8.71. The van der Waals surface area contributed by atoms with Gasteiger partial charge in [-0.15, -0.1) is 0 Å². The highest BCUT2D eigenvalue weighted by atomic mass is 79.9. The minimum atomic E-state index is -0.442. The maximum absolute atomic E-state index is 12.1. The number of benzene rings is 2. The fraction of sp³-hybridized carbons (Fsp3) is 0.263. The standard InChI is InChI=1S/C19H18BrNO3/c1-13-6-2-3-7-17(13)24-11-5-4-10-21-16-9-8-14(20)12-15(16)18(22)19(21)23/h2-3,6-9,12H,4-5,10-11H2,1H3. The number of aryl methyl sites for hydroxylation is 1. The van der Waals surface area contributed by atoms with Gasteiger partial charge in [0, 0.05) is 11.0 Å². The summed E-state index contributed by atoms with van der Waals surface area (Å²) in [5.41, 5.74) is 2.29. The van der Waals surface area contributed by atoms with Crippen LogP contribution in [0.3, 0.4) is 0 Å². The molecular formula is C19H18BrNO3. The number of unbranched alkanes of at least 4 members (excludes halogenated alkanes) is 1. The molecule has 0 atom stereocenters. The molecule has 0 aliphatic carbocycles. The highest BCUT2D eigenvalue weighted by Crippen LogP contribution is 2.31. The Morgan fingerprint density at radius 2 is 1.88 bits per heavy atom. The third-order valence-electron chi connectivity index (χ3n) is 4.06. The molecular weight excluding hydrogens is 370 g/mol. The summed E-state index contributed by atoms with van der Waals surface area (Å²) in [4.78, 5) is 25.7. The number of ketones is 1.